The van der Waals surface area contributed by atoms with Crippen LogP contribution in [0.1, 0.15) is 18.5 Å². The SMILES string of the molecule is CC1=C(C(=O)Nc2ccc(F)cc2)C(c2cccc(Cl)c2Cl)NC(=S)N1. The topological polar surface area (TPSA) is 53.2 Å². The zero-order valence-corrected chi connectivity index (χ0v) is 15.9. The molecular formula is C18H14Cl2FN3OS. The molecular weight excluding hydrogens is 396 g/mol. The summed E-state index contributed by atoms with van der Waals surface area (Å²) in [6, 6.07) is 10.1. The van der Waals surface area contributed by atoms with Crippen LogP contribution in [0.4, 0.5) is 10.1 Å². The van der Waals surface area contributed by atoms with Crippen LogP contribution in [0, 0.1) is 5.82 Å². The predicted octanol–water partition coefficient (Wildman–Crippen LogP) is 4.56. The Morgan fingerprint density at radius 1 is 1.19 bits per heavy atom. The van der Waals surface area contributed by atoms with Gasteiger partial charge in [0.2, 0.25) is 0 Å². The number of halogens is 3. The van der Waals surface area contributed by atoms with Crippen LogP contribution in [0.15, 0.2) is 53.7 Å². The molecule has 1 aliphatic rings. The van der Waals surface area contributed by atoms with Crippen molar-refractivity contribution in [2.75, 3.05) is 5.32 Å². The van der Waals surface area contributed by atoms with Crippen molar-refractivity contribution in [3.05, 3.63) is 75.2 Å². The zero-order valence-electron chi connectivity index (χ0n) is 13.6. The van der Waals surface area contributed by atoms with E-state index >= 15 is 0 Å². The maximum Gasteiger partial charge on any atom is 0.255 e. The molecule has 0 bridgehead atoms. The van der Waals surface area contributed by atoms with Gasteiger partial charge in [0.25, 0.3) is 5.91 Å². The fraction of sp³-hybridized carbons (Fsp3) is 0.111. The maximum atomic E-state index is 13.1. The third-order valence-electron chi connectivity index (χ3n) is 3.91. The largest absolute Gasteiger partial charge is 0.351 e. The van der Waals surface area contributed by atoms with Crippen LogP contribution in [0.2, 0.25) is 10.0 Å². The van der Waals surface area contributed by atoms with E-state index in [0.717, 1.165) is 0 Å². The highest BCUT2D eigenvalue weighted by Gasteiger charge is 2.31. The second-order valence-corrected chi connectivity index (χ2v) is 6.87. The van der Waals surface area contributed by atoms with Crippen LogP contribution < -0.4 is 16.0 Å². The number of rotatable bonds is 3. The smallest absolute Gasteiger partial charge is 0.255 e. The quantitative estimate of drug-likeness (QED) is 0.650. The van der Waals surface area contributed by atoms with E-state index in [9.17, 15) is 9.18 Å². The van der Waals surface area contributed by atoms with E-state index in [2.05, 4.69) is 16.0 Å². The van der Waals surface area contributed by atoms with Crippen molar-refractivity contribution < 1.29 is 9.18 Å². The molecule has 1 aliphatic heterocycles. The number of hydrogen-bond acceptors (Lipinski definition) is 2. The van der Waals surface area contributed by atoms with E-state index in [1.165, 1.54) is 24.3 Å². The lowest BCUT2D eigenvalue weighted by molar-refractivity contribution is -0.113. The number of allylic oxidation sites excluding steroid dienone is 1. The van der Waals surface area contributed by atoms with Crippen molar-refractivity contribution in [2.45, 2.75) is 13.0 Å². The number of amides is 1. The van der Waals surface area contributed by atoms with Gasteiger partial charge in [-0.15, -0.1) is 0 Å². The molecule has 2 aromatic rings. The standard InChI is InChI=1S/C18H14Cl2FN3OS/c1-9-14(17(25)23-11-7-5-10(21)6-8-11)16(24-18(26)22-9)12-3-2-4-13(19)15(12)20/h2-8,16H,1H3,(H,23,25)(H2,22,24,26). The summed E-state index contributed by atoms with van der Waals surface area (Å²) in [7, 11) is 0. The first-order valence-electron chi connectivity index (χ1n) is 7.66. The minimum Gasteiger partial charge on any atom is -0.351 e. The summed E-state index contributed by atoms with van der Waals surface area (Å²) in [4.78, 5) is 12.9. The van der Waals surface area contributed by atoms with Gasteiger partial charge in [0, 0.05) is 11.4 Å². The van der Waals surface area contributed by atoms with Crippen LogP contribution in [0.25, 0.3) is 0 Å². The zero-order chi connectivity index (χ0) is 18.8. The molecule has 0 saturated carbocycles. The van der Waals surface area contributed by atoms with Gasteiger partial charge in [0.05, 0.1) is 21.7 Å². The van der Waals surface area contributed by atoms with Crippen LogP contribution in [-0.4, -0.2) is 11.0 Å². The number of anilines is 1. The van der Waals surface area contributed by atoms with Gasteiger partial charge in [-0.25, -0.2) is 4.39 Å². The average molecular weight is 410 g/mol. The fourth-order valence-corrected chi connectivity index (χ4v) is 3.39. The second kappa shape index (κ2) is 7.61. The Morgan fingerprint density at radius 2 is 1.88 bits per heavy atom. The summed E-state index contributed by atoms with van der Waals surface area (Å²) in [5, 5.41) is 9.85. The van der Waals surface area contributed by atoms with Crippen molar-refractivity contribution in [3.8, 4) is 0 Å². The highest BCUT2D eigenvalue weighted by Crippen LogP contribution is 2.35. The molecule has 1 unspecified atom stereocenters. The third-order valence-corrected chi connectivity index (χ3v) is 4.96. The summed E-state index contributed by atoms with van der Waals surface area (Å²) in [6.45, 7) is 1.75. The third kappa shape index (κ3) is 3.82. The van der Waals surface area contributed by atoms with E-state index in [4.69, 9.17) is 35.4 Å². The van der Waals surface area contributed by atoms with Gasteiger partial charge in [-0.2, -0.15) is 0 Å². The molecule has 134 valence electrons. The molecule has 4 nitrogen and oxygen atoms in total. The minimum absolute atomic E-state index is 0.344. The molecule has 0 aromatic heterocycles. The number of carbonyl (C=O) groups excluding carboxylic acids is 1. The molecule has 0 spiro atoms. The fourth-order valence-electron chi connectivity index (χ4n) is 2.70. The monoisotopic (exact) mass is 409 g/mol. The summed E-state index contributed by atoms with van der Waals surface area (Å²) in [5.41, 5.74) is 2.11. The van der Waals surface area contributed by atoms with Crippen molar-refractivity contribution in [2.24, 2.45) is 0 Å². The van der Waals surface area contributed by atoms with E-state index in [-0.39, 0.29) is 11.7 Å². The summed E-state index contributed by atoms with van der Waals surface area (Å²) >= 11 is 17.7. The molecule has 3 N–H and O–H groups in total. The first-order valence-corrected chi connectivity index (χ1v) is 8.82. The van der Waals surface area contributed by atoms with Crippen LogP contribution in [-0.2, 0) is 4.79 Å². The second-order valence-electron chi connectivity index (χ2n) is 5.67. The Hall–Kier alpha value is -2.15. The molecule has 26 heavy (non-hydrogen) atoms. The first-order chi connectivity index (χ1) is 12.4. The van der Waals surface area contributed by atoms with Crippen LogP contribution in [0.5, 0.6) is 0 Å². The predicted molar refractivity (Wildman–Crippen MR) is 106 cm³/mol. The summed E-state index contributed by atoms with van der Waals surface area (Å²) < 4.78 is 13.1. The normalized spacial score (nSPS) is 16.8. The van der Waals surface area contributed by atoms with Crippen molar-refractivity contribution in [1.82, 2.24) is 10.6 Å². The molecule has 0 aliphatic carbocycles. The van der Waals surface area contributed by atoms with Gasteiger partial charge in [-0.1, -0.05) is 35.3 Å². The lowest BCUT2D eigenvalue weighted by Gasteiger charge is -2.31. The van der Waals surface area contributed by atoms with E-state index in [0.29, 0.717) is 37.7 Å². The lowest BCUT2D eigenvalue weighted by Crippen LogP contribution is -2.45. The molecule has 3 rings (SSSR count). The number of thiocarbonyl (C=S) groups is 1. The lowest BCUT2D eigenvalue weighted by atomic mass is 9.95. The Morgan fingerprint density at radius 3 is 2.58 bits per heavy atom. The average Bonchev–Trinajstić information content (AvgIpc) is 2.58. The number of nitrogens with one attached hydrogen (secondary N) is 3. The van der Waals surface area contributed by atoms with Crippen molar-refractivity contribution >= 4 is 52.1 Å². The summed E-state index contributed by atoms with van der Waals surface area (Å²) in [6.07, 6.45) is 0. The van der Waals surface area contributed by atoms with Gasteiger partial charge < -0.3 is 16.0 Å². The van der Waals surface area contributed by atoms with E-state index in [1.54, 1.807) is 25.1 Å². The Balaban J connectivity index is 1.99. The molecule has 1 heterocycles. The molecule has 1 atom stereocenters. The molecule has 0 fully saturated rings. The van der Waals surface area contributed by atoms with Crippen molar-refractivity contribution in [3.63, 3.8) is 0 Å². The molecule has 1 amide bonds. The first kappa shape index (κ1) is 18.6. The number of carbonyl (C=O) groups is 1. The van der Waals surface area contributed by atoms with Crippen LogP contribution >= 0.6 is 35.4 Å². The summed E-state index contributed by atoms with van der Waals surface area (Å²) in [5.74, 6) is -0.744. The van der Waals surface area contributed by atoms with Gasteiger partial charge in [0.15, 0.2) is 5.11 Å². The molecule has 0 radical (unpaired) electrons. The Kier molecular flexibility index (Phi) is 5.46. The van der Waals surface area contributed by atoms with Crippen molar-refractivity contribution in [1.29, 1.82) is 0 Å². The number of benzene rings is 2. The maximum absolute atomic E-state index is 13.1. The minimum atomic E-state index is -0.574. The Bertz CT molecular complexity index is 915. The molecule has 2 aromatic carbocycles. The van der Waals surface area contributed by atoms with Crippen LogP contribution in [0.3, 0.4) is 0 Å². The van der Waals surface area contributed by atoms with E-state index in [1.807, 2.05) is 0 Å². The van der Waals surface area contributed by atoms with E-state index < -0.39 is 6.04 Å². The van der Waals surface area contributed by atoms with Gasteiger partial charge in [-0.05, 0) is 55.0 Å². The number of hydrogen-bond donors (Lipinski definition) is 3. The Labute approximate surface area is 165 Å². The molecule has 8 heteroatoms. The van der Waals surface area contributed by atoms with Gasteiger partial charge in [-0.3, -0.25) is 4.79 Å². The molecule has 0 saturated heterocycles. The highest BCUT2D eigenvalue weighted by atomic mass is 35.5. The highest BCUT2D eigenvalue weighted by molar-refractivity contribution is 7.80. The van der Waals surface area contributed by atoms with Gasteiger partial charge >= 0.3 is 0 Å². The van der Waals surface area contributed by atoms with Gasteiger partial charge in [0.1, 0.15) is 5.82 Å².